The predicted octanol–water partition coefficient (Wildman–Crippen LogP) is 3.07. The Labute approximate surface area is 128 Å². The summed E-state index contributed by atoms with van der Waals surface area (Å²) in [4.78, 5) is 6.78. The average molecular weight is 338 g/mol. The molecule has 0 spiro atoms. The van der Waals surface area contributed by atoms with Crippen LogP contribution in [-0.4, -0.2) is 30.6 Å². The lowest BCUT2D eigenvalue weighted by Gasteiger charge is -2.33. The Morgan fingerprint density at radius 3 is 2.80 bits per heavy atom. The second-order valence-corrected chi connectivity index (χ2v) is 6.36. The zero-order valence-corrected chi connectivity index (χ0v) is 13.3. The maximum atomic E-state index is 6.14. The molecule has 1 heterocycles. The third-order valence-electron chi connectivity index (χ3n) is 4.30. The van der Waals surface area contributed by atoms with Crippen molar-refractivity contribution < 1.29 is 4.74 Å². The summed E-state index contributed by atoms with van der Waals surface area (Å²) in [6.07, 6.45) is 5.00. The van der Waals surface area contributed by atoms with Gasteiger partial charge in [-0.3, -0.25) is 4.99 Å². The van der Waals surface area contributed by atoms with Crippen molar-refractivity contribution in [2.45, 2.75) is 37.8 Å². The van der Waals surface area contributed by atoms with E-state index < -0.39 is 0 Å². The first-order valence-electron chi connectivity index (χ1n) is 7.12. The molecular weight excluding hydrogens is 318 g/mol. The van der Waals surface area contributed by atoms with Crippen LogP contribution in [0.4, 0.5) is 0 Å². The van der Waals surface area contributed by atoms with Crippen molar-refractivity contribution in [1.29, 1.82) is 0 Å². The molecule has 20 heavy (non-hydrogen) atoms. The van der Waals surface area contributed by atoms with Gasteiger partial charge in [0.25, 0.3) is 0 Å². The fourth-order valence-electron chi connectivity index (χ4n) is 3.35. The van der Waals surface area contributed by atoms with Crippen molar-refractivity contribution in [3.05, 3.63) is 28.2 Å². The van der Waals surface area contributed by atoms with Gasteiger partial charge in [0.15, 0.2) is 5.96 Å². The van der Waals surface area contributed by atoms with E-state index in [0.29, 0.717) is 12.0 Å². The van der Waals surface area contributed by atoms with Gasteiger partial charge in [0.2, 0.25) is 0 Å². The number of hydrogen-bond donors (Lipinski definition) is 1. The van der Waals surface area contributed by atoms with Crippen LogP contribution in [0.2, 0.25) is 0 Å². The lowest BCUT2D eigenvalue weighted by Crippen LogP contribution is -2.42. The molecule has 1 aromatic rings. The van der Waals surface area contributed by atoms with Crippen molar-refractivity contribution in [1.82, 2.24) is 4.90 Å². The van der Waals surface area contributed by atoms with Crippen LogP contribution in [0.15, 0.2) is 27.7 Å². The molecule has 4 nitrogen and oxygen atoms in total. The SMILES string of the molecule is COc1ccc(Br)cc1C1CN=C(N)N1C1CCCC1. The van der Waals surface area contributed by atoms with Crippen molar-refractivity contribution in [3.63, 3.8) is 0 Å². The van der Waals surface area contributed by atoms with Gasteiger partial charge in [-0.05, 0) is 31.0 Å². The third-order valence-corrected chi connectivity index (χ3v) is 4.79. The van der Waals surface area contributed by atoms with E-state index >= 15 is 0 Å². The number of methoxy groups -OCH3 is 1. The van der Waals surface area contributed by atoms with Gasteiger partial charge >= 0.3 is 0 Å². The van der Waals surface area contributed by atoms with Gasteiger partial charge in [-0.1, -0.05) is 28.8 Å². The summed E-state index contributed by atoms with van der Waals surface area (Å²) in [5.74, 6) is 1.59. The molecule has 1 aromatic carbocycles. The molecule has 0 bridgehead atoms. The van der Waals surface area contributed by atoms with Gasteiger partial charge in [-0.25, -0.2) is 0 Å². The summed E-state index contributed by atoms with van der Waals surface area (Å²) < 4.78 is 6.58. The largest absolute Gasteiger partial charge is 0.496 e. The van der Waals surface area contributed by atoms with Crippen molar-refractivity contribution in [2.75, 3.05) is 13.7 Å². The quantitative estimate of drug-likeness (QED) is 0.922. The van der Waals surface area contributed by atoms with Gasteiger partial charge in [-0.15, -0.1) is 0 Å². The number of rotatable bonds is 3. The molecule has 2 N–H and O–H groups in total. The number of aliphatic imine (C=N–C) groups is 1. The summed E-state index contributed by atoms with van der Waals surface area (Å²) in [5.41, 5.74) is 7.30. The van der Waals surface area contributed by atoms with Crippen molar-refractivity contribution in [2.24, 2.45) is 10.7 Å². The first-order chi connectivity index (χ1) is 9.70. The minimum Gasteiger partial charge on any atom is -0.496 e. The Morgan fingerprint density at radius 1 is 1.35 bits per heavy atom. The monoisotopic (exact) mass is 337 g/mol. The number of guanidine groups is 1. The molecule has 1 atom stereocenters. The standard InChI is InChI=1S/C15H20BrN3O/c1-20-14-7-6-10(16)8-12(14)13-9-18-15(17)19(13)11-4-2-3-5-11/h6-8,11,13H,2-5,9H2,1H3,(H2,17,18). The minimum atomic E-state index is 0.200. The highest BCUT2D eigenvalue weighted by Crippen LogP contribution is 2.38. The van der Waals surface area contributed by atoms with Crippen LogP contribution >= 0.6 is 15.9 Å². The molecule has 1 aliphatic heterocycles. The van der Waals surface area contributed by atoms with Crippen LogP contribution < -0.4 is 10.5 Å². The highest BCUT2D eigenvalue weighted by molar-refractivity contribution is 9.10. The number of ether oxygens (including phenoxy) is 1. The van der Waals surface area contributed by atoms with Gasteiger partial charge in [0.05, 0.1) is 19.7 Å². The first kappa shape index (κ1) is 13.7. The number of halogens is 1. The molecule has 1 aliphatic carbocycles. The van der Waals surface area contributed by atoms with Crippen LogP contribution in [0, 0.1) is 0 Å². The smallest absolute Gasteiger partial charge is 0.192 e. The van der Waals surface area contributed by atoms with Gasteiger partial charge in [-0.2, -0.15) is 0 Å². The summed E-state index contributed by atoms with van der Waals surface area (Å²) >= 11 is 3.55. The Balaban J connectivity index is 1.94. The second-order valence-electron chi connectivity index (χ2n) is 5.45. The molecule has 0 saturated heterocycles. The molecule has 1 saturated carbocycles. The fourth-order valence-corrected chi connectivity index (χ4v) is 3.73. The second kappa shape index (κ2) is 5.64. The van der Waals surface area contributed by atoms with E-state index in [9.17, 15) is 0 Å². The Hall–Kier alpha value is -1.23. The van der Waals surface area contributed by atoms with Crippen molar-refractivity contribution >= 4 is 21.9 Å². The molecule has 5 heteroatoms. The Kier molecular flexibility index (Phi) is 3.87. The highest BCUT2D eigenvalue weighted by atomic mass is 79.9. The Morgan fingerprint density at radius 2 is 2.10 bits per heavy atom. The highest BCUT2D eigenvalue weighted by Gasteiger charge is 2.36. The maximum absolute atomic E-state index is 6.14. The first-order valence-corrected chi connectivity index (χ1v) is 7.91. The molecule has 0 radical (unpaired) electrons. The van der Waals surface area contributed by atoms with E-state index in [0.717, 1.165) is 22.3 Å². The molecule has 1 fully saturated rings. The Bertz CT molecular complexity index is 526. The molecule has 0 aromatic heterocycles. The van der Waals surface area contributed by atoms with E-state index in [1.54, 1.807) is 7.11 Å². The number of hydrogen-bond acceptors (Lipinski definition) is 4. The van der Waals surface area contributed by atoms with E-state index in [1.165, 1.54) is 25.7 Å². The van der Waals surface area contributed by atoms with Gasteiger partial charge < -0.3 is 15.4 Å². The van der Waals surface area contributed by atoms with Crippen LogP contribution in [-0.2, 0) is 0 Å². The lowest BCUT2D eigenvalue weighted by atomic mass is 10.0. The lowest BCUT2D eigenvalue weighted by molar-refractivity contribution is 0.256. The minimum absolute atomic E-state index is 0.200. The third kappa shape index (κ3) is 2.39. The van der Waals surface area contributed by atoms with E-state index in [4.69, 9.17) is 10.5 Å². The number of benzene rings is 1. The van der Waals surface area contributed by atoms with E-state index in [2.05, 4.69) is 31.9 Å². The molecule has 2 aliphatic rings. The van der Waals surface area contributed by atoms with Crippen LogP contribution in [0.25, 0.3) is 0 Å². The van der Waals surface area contributed by atoms with Gasteiger partial charge in [0.1, 0.15) is 5.75 Å². The topological polar surface area (TPSA) is 50.9 Å². The fraction of sp³-hybridized carbons (Fsp3) is 0.533. The summed E-state index contributed by atoms with van der Waals surface area (Å²) in [7, 11) is 1.71. The summed E-state index contributed by atoms with van der Waals surface area (Å²) in [6, 6.07) is 6.85. The normalized spacial score (nSPS) is 23.2. The van der Waals surface area contributed by atoms with Crippen LogP contribution in [0.3, 0.4) is 0 Å². The predicted molar refractivity (Wildman–Crippen MR) is 84.0 cm³/mol. The van der Waals surface area contributed by atoms with Crippen LogP contribution in [0.5, 0.6) is 5.75 Å². The molecular formula is C15H20BrN3O. The molecule has 3 rings (SSSR count). The van der Waals surface area contributed by atoms with Gasteiger partial charge in [0, 0.05) is 16.1 Å². The van der Waals surface area contributed by atoms with Crippen LogP contribution in [0.1, 0.15) is 37.3 Å². The number of nitrogens with two attached hydrogens (primary N) is 1. The number of nitrogens with zero attached hydrogens (tertiary/aromatic N) is 2. The average Bonchev–Trinajstić information content (AvgIpc) is 3.07. The molecule has 0 amide bonds. The van der Waals surface area contributed by atoms with Crippen molar-refractivity contribution in [3.8, 4) is 5.75 Å². The van der Waals surface area contributed by atoms with E-state index in [1.807, 2.05) is 12.1 Å². The zero-order chi connectivity index (χ0) is 14.1. The summed E-state index contributed by atoms with van der Waals surface area (Å²) in [6.45, 7) is 0.717. The molecule has 108 valence electrons. The molecule has 1 unspecified atom stereocenters. The summed E-state index contributed by atoms with van der Waals surface area (Å²) in [5, 5.41) is 0. The van der Waals surface area contributed by atoms with E-state index in [-0.39, 0.29) is 6.04 Å². The zero-order valence-electron chi connectivity index (χ0n) is 11.7. The maximum Gasteiger partial charge on any atom is 0.192 e.